The normalized spacial score (nSPS) is 17.8. The molecule has 0 aliphatic heterocycles. The van der Waals surface area contributed by atoms with Crippen molar-refractivity contribution in [2.24, 2.45) is 5.92 Å². The van der Waals surface area contributed by atoms with E-state index in [-0.39, 0.29) is 54.3 Å². The molecule has 2 aliphatic rings. The van der Waals surface area contributed by atoms with Gasteiger partial charge in [0.1, 0.15) is 11.6 Å². The number of fused-ring (bicyclic) bond motifs is 1. The number of hydrogen-bond donors (Lipinski definition) is 0. The van der Waals surface area contributed by atoms with Crippen molar-refractivity contribution in [1.82, 2.24) is 14.1 Å². The third-order valence-corrected chi connectivity index (χ3v) is 10.9. The van der Waals surface area contributed by atoms with Crippen LogP contribution >= 0.6 is 0 Å². The zero-order valence-electron chi connectivity index (χ0n) is 25.2. The lowest BCUT2D eigenvalue weighted by Crippen LogP contribution is -2.38. The SMILES string of the molecule is COC(=O)c1ccccc1CS(=O)(=O)N(CCc1ccccc1F)C[C@@H]1CCC2=C1[C@@H](C)c1cnn(-c3ccc(F)cc3)c1C2. The molecule has 0 radical (unpaired) electrons. The number of nitrogens with zero attached hydrogens (tertiary/aromatic N) is 3. The summed E-state index contributed by atoms with van der Waals surface area (Å²) in [5.41, 5.74) is 6.47. The highest BCUT2D eigenvalue weighted by Gasteiger charge is 2.38. The van der Waals surface area contributed by atoms with Gasteiger partial charge in [-0.1, -0.05) is 54.5 Å². The van der Waals surface area contributed by atoms with Gasteiger partial charge in [0.25, 0.3) is 0 Å². The fourth-order valence-electron chi connectivity index (χ4n) is 6.86. The van der Waals surface area contributed by atoms with E-state index >= 15 is 0 Å². The molecule has 6 rings (SSSR count). The molecule has 10 heteroatoms. The molecular formula is C35H35F2N3O4S. The van der Waals surface area contributed by atoms with E-state index in [1.165, 1.54) is 40.8 Å². The molecule has 0 unspecified atom stereocenters. The van der Waals surface area contributed by atoms with Crippen molar-refractivity contribution in [3.05, 3.63) is 130 Å². The number of aromatic nitrogens is 2. The Morgan fingerprint density at radius 2 is 1.73 bits per heavy atom. The highest BCUT2D eigenvalue weighted by molar-refractivity contribution is 7.88. The van der Waals surface area contributed by atoms with Crippen molar-refractivity contribution >= 4 is 16.0 Å². The summed E-state index contributed by atoms with van der Waals surface area (Å²) in [7, 11) is -2.66. The van der Waals surface area contributed by atoms with Gasteiger partial charge in [-0.15, -0.1) is 0 Å². The number of carbonyl (C=O) groups excluding carboxylic acids is 1. The Labute approximate surface area is 262 Å². The number of carbonyl (C=O) groups is 1. The van der Waals surface area contributed by atoms with Crippen LogP contribution in [-0.2, 0) is 33.4 Å². The number of methoxy groups -OCH3 is 1. The molecule has 0 saturated heterocycles. The Kier molecular flexibility index (Phi) is 8.70. The molecule has 2 atom stereocenters. The van der Waals surface area contributed by atoms with Crippen LogP contribution in [0, 0.1) is 17.6 Å². The van der Waals surface area contributed by atoms with Crippen LogP contribution in [0.2, 0.25) is 0 Å². The van der Waals surface area contributed by atoms with Gasteiger partial charge in [0, 0.05) is 31.0 Å². The summed E-state index contributed by atoms with van der Waals surface area (Å²) < 4.78 is 64.6. The van der Waals surface area contributed by atoms with Crippen LogP contribution in [0.1, 0.15) is 58.4 Å². The number of ether oxygens (including phenoxy) is 1. The van der Waals surface area contributed by atoms with Crippen LogP contribution in [0.3, 0.4) is 0 Å². The van der Waals surface area contributed by atoms with Crippen LogP contribution in [-0.4, -0.2) is 48.7 Å². The first-order chi connectivity index (χ1) is 21.7. The summed E-state index contributed by atoms with van der Waals surface area (Å²) in [6.07, 6.45) is 4.40. The first kappa shape index (κ1) is 30.9. The van der Waals surface area contributed by atoms with Crippen LogP contribution in [0.5, 0.6) is 0 Å². The monoisotopic (exact) mass is 631 g/mol. The molecule has 0 fully saturated rings. The smallest absolute Gasteiger partial charge is 0.338 e. The molecule has 3 aromatic carbocycles. The summed E-state index contributed by atoms with van der Waals surface area (Å²) in [6, 6.07) is 19.2. The largest absolute Gasteiger partial charge is 0.465 e. The average Bonchev–Trinajstić information content (AvgIpc) is 3.65. The summed E-state index contributed by atoms with van der Waals surface area (Å²) >= 11 is 0. The Morgan fingerprint density at radius 3 is 2.47 bits per heavy atom. The fraction of sp³-hybridized carbons (Fsp3) is 0.314. The molecule has 0 spiro atoms. The topological polar surface area (TPSA) is 81.5 Å². The number of benzene rings is 3. The molecule has 0 amide bonds. The second-order valence-corrected chi connectivity index (χ2v) is 13.7. The average molecular weight is 632 g/mol. The van der Waals surface area contributed by atoms with Gasteiger partial charge in [-0.25, -0.2) is 31.0 Å². The van der Waals surface area contributed by atoms with Gasteiger partial charge in [0.2, 0.25) is 10.0 Å². The van der Waals surface area contributed by atoms with Gasteiger partial charge in [-0.05, 0) is 72.7 Å². The highest BCUT2D eigenvalue weighted by atomic mass is 32.2. The summed E-state index contributed by atoms with van der Waals surface area (Å²) in [5.74, 6) is -1.65. The predicted octanol–water partition coefficient (Wildman–Crippen LogP) is 6.38. The van der Waals surface area contributed by atoms with E-state index in [2.05, 4.69) is 12.0 Å². The third kappa shape index (κ3) is 6.21. The Balaban J connectivity index is 1.29. The molecule has 7 nitrogen and oxygen atoms in total. The van der Waals surface area contributed by atoms with Gasteiger partial charge >= 0.3 is 5.97 Å². The van der Waals surface area contributed by atoms with Crippen LogP contribution in [0.4, 0.5) is 8.78 Å². The molecular weight excluding hydrogens is 596 g/mol. The molecule has 234 valence electrons. The quantitative estimate of drug-likeness (QED) is 0.150. The van der Waals surface area contributed by atoms with Crippen LogP contribution < -0.4 is 0 Å². The predicted molar refractivity (Wildman–Crippen MR) is 167 cm³/mol. The minimum atomic E-state index is -3.93. The Bertz CT molecular complexity index is 1870. The Morgan fingerprint density at radius 1 is 1.02 bits per heavy atom. The lowest BCUT2D eigenvalue weighted by Gasteiger charge is -2.31. The highest BCUT2D eigenvalue weighted by Crippen LogP contribution is 2.47. The van der Waals surface area contributed by atoms with E-state index in [0.717, 1.165) is 29.8 Å². The zero-order chi connectivity index (χ0) is 31.7. The van der Waals surface area contributed by atoms with E-state index < -0.39 is 16.0 Å². The number of allylic oxidation sites excluding steroid dienone is 1. The molecule has 0 bridgehead atoms. The summed E-state index contributed by atoms with van der Waals surface area (Å²) in [4.78, 5) is 12.4. The lowest BCUT2D eigenvalue weighted by molar-refractivity contribution is 0.0600. The molecule has 4 aromatic rings. The van der Waals surface area contributed by atoms with E-state index in [1.54, 1.807) is 54.6 Å². The second kappa shape index (κ2) is 12.7. The molecule has 45 heavy (non-hydrogen) atoms. The summed E-state index contributed by atoms with van der Waals surface area (Å²) in [6.45, 7) is 2.49. The van der Waals surface area contributed by atoms with Gasteiger partial charge in [0.05, 0.1) is 36.0 Å². The minimum absolute atomic E-state index is 0.0245. The number of sulfonamides is 1. The van der Waals surface area contributed by atoms with E-state index in [4.69, 9.17) is 4.74 Å². The lowest BCUT2D eigenvalue weighted by atomic mass is 9.80. The van der Waals surface area contributed by atoms with Gasteiger partial charge in [-0.3, -0.25) is 0 Å². The van der Waals surface area contributed by atoms with Gasteiger partial charge < -0.3 is 4.74 Å². The van der Waals surface area contributed by atoms with Crippen LogP contribution in [0.25, 0.3) is 5.69 Å². The number of esters is 1. The maximum atomic E-state index is 14.6. The maximum absolute atomic E-state index is 14.6. The minimum Gasteiger partial charge on any atom is -0.465 e. The Hall–Kier alpha value is -4.15. The van der Waals surface area contributed by atoms with Crippen molar-refractivity contribution in [2.45, 2.75) is 44.3 Å². The molecule has 1 heterocycles. The number of halogens is 2. The van der Waals surface area contributed by atoms with Crippen molar-refractivity contribution in [3.8, 4) is 5.69 Å². The molecule has 1 aromatic heterocycles. The molecule has 0 N–H and O–H groups in total. The van der Waals surface area contributed by atoms with Crippen molar-refractivity contribution < 1.29 is 26.7 Å². The molecule has 0 saturated carbocycles. The third-order valence-electron chi connectivity index (χ3n) is 9.10. The second-order valence-electron chi connectivity index (χ2n) is 11.7. The standard InChI is InChI=1S/C35H35F2N3O4S/c1-23-31-20-38-40(29-15-13-28(36)14-16-29)33(31)19-25-11-12-26(34(23)25)21-39(18-17-24-7-4-6-10-32(24)37)45(42,43)22-27-8-3-5-9-30(27)35(41)44-2/h3-10,13-16,20,23,26H,11-12,17-19,21-22H2,1-2H3/t23-,26-/m0/s1. The number of hydrogen-bond acceptors (Lipinski definition) is 5. The van der Waals surface area contributed by atoms with Gasteiger partial charge in [-0.2, -0.15) is 5.10 Å². The van der Waals surface area contributed by atoms with Crippen molar-refractivity contribution in [3.63, 3.8) is 0 Å². The zero-order valence-corrected chi connectivity index (χ0v) is 26.1. The number of rotatable bonds is 10. The first-order valence-corrected chi connectivity index (χ1v) is 16.7. The van der Waals surface area contributed by atoms with E-state index in [1.807, 2.05) is 10.9 Å². The van der Waals surface area contributed by atoms with Crippen molar-refractivity contribution in [1.29, 1.82) is 0 Å². The van der Waals surface area contributed by atoms with Crippen LogP contribution in [0.15, 0.2) is 90.1 Å². The maximum Gasteiger partial charge on any atom is 0.338 e. The van der Waals surface area contributed by atoms with Crippen molar-refractivity contribution in [2.75, 3.05) is 20.2 Å². The summed E-state index contributed by atoms with van der Waals surface area (Å²) in [5, 5.41) is 4.64. The van der Waals surface area contributed by atoms with E-state index in [0.29, 0.717) is 17.5 Å². The molecule has 2 aliphatic carbocycles. The fourth-order valence-corrected chi connectivity index (χ4v) is 8.46. The van der Waals surface area contributed by atoms with Gasteiger partial charge in [0.15, 0.2) is 0 Å². The van der Waals surface area contributed by atoms with E-state index in [9.17, 15) is 22.0 Å². The first-order valence-electron chi connectivity index (χ1n) is 15.1.